The van der Waals surface area contributed by atoms with E-state index in [-0.39, 0.29) is 17.7 Å². The predicted molar refractivity (Wildman–Crippen MR) is 91.4 cm³/mol. The number of nitrogens with zero attached hydrogens (tertiary/aromatic N) is 2. The van der Waals surface area contributed by atoms with E-state index in [4.69, 9.17) is 0 Å². The lowest BCUT2D eigenvalue weighted by Gasteiger charge is -2.37. The van der Waals surface area contributed by atoms with Gasteiger partial charge in [0, 0.05) is 25.6 Å². The maximum absolute atomic E-state index is 12.7. The largest absolute Gasteiger partial charge is 0.481 e. The highest BCUT2D eigenvalue weighted by molar-refractivity contribution is 5.80. The highest BCUT2D eigenvalue weighted by atomic mass is 16.4. The molecule has 2 saturated heterocycles. The van der Waals surface area contributed by atoms with Gasteiger partial charge in [0.25, 0.3) is 0 Å². The summed E-state index contributed by atoms with van der Waals surface area (Å²) in [6.07, 6.45) is 3.24. The standard InChI is InChI=1S/C19H26N2O3/c22-18(21-10-4-7-17(14-21)19(23)24)16-8-11-20(12-9-16)13-15-5-2-1-3-6-15/h1-3,5-6,16-17H,4,7-14H2,(H,23,24)/t17-/m0/s1. The van der Waals surface area contributed by atoms with Gasteiger partial charge in [-0.2, -0.15) is 0 Å². The van der Waals surface area contributed by atoms with Crippen molar-refractivity contribution >= 4 is 11.9 Å². The van der Waals surface area contributed by atoms with Crippen molar-refractivity contribution in [2.45, 2.75) is 32.2 Å². The second-order valence-electron chi connectivity index (χ2n) is 7.00. The Hall–Kier alpha value is -1.88. The van der Waals surface area contributed by atoms with Gasteiger partial charge in [0.05, 0.1) is 5.92 Å². The fourth-order valence-electron chi connectivity index (χ4n) is 3.82. The van der Waals surface area contributed by atoms with Crippen molar-refractivity contribution in [3.8, 4) is 0 Å². The molecule has 1 N–H and O–H groups in total. The summed E-state index contributed by atoms with van der Waals surface area (Å²) < 4.78 is 0. The van der Waals surface area contributed by atoms with Gasteiger partial charge in [-0.1, -0.05) is 30.3 Å². The highest BCUT2D eigenvalue weighted by Crippen LogP contribution is 2.24. The van der Waals surface area contributed by atoms with Gasteiger partial charge < -0.3 is 10.0 Å². The molecule has 2 heterocycles. The minimum absolute atomic E-state index is 0.0598. The number of carboxylic acid groups (broad SMARTS) is 1. The SMILES string of the molecule is O=C(O)[C@H]1CCCN(C(=O)C2CCN(Cc3ccccc3)CC2)C1. The average molecular weight is 330 g/mol. The van der Waals surface area contributed by atoms with Crippen LogP contribution in [0.5, 0.6) is 0 Å². The molecule has 1 amide bonds. The molecule has 1 aromatic rings. The minimum atomic E-state index is -0.773. The number of rotatable bonds is 4. The molecule has 2 aliphatic heterocycles. The molecule has 0 aromatic heterocycles. The molecule has 24 heavy (non-hydrogen) atoms. The van der Waals surface area contributed by atoms with Crippen LogP contribution < -0.4 is 0 Å². The number of hydrogen-bond donors (Lipinski definition) is 1. The van der Waals surface area contributed by atoms with E-state index in [0.29, 0.717) is 19.5 Å². The van der Waals surface area contributed by atoms with Gasteiger partial charge in [0.15, 0.2) is 0 Å². The molecule has 0 spiro atoms. The van der Waals surface area contributed by atoms with Crippen molar-refractivity contribution in [3.63, 3.8) is 0 Å². The molecule has 1 atom stereocenters. The van der Waals surface area contributed by atoms with Crippen LogP contribution in [0.1, 0.15) is 31.2 Å². The maximum atomic E-state index is 12.7. The summed E-state index contributed by atoms with van der Waals surface area (Å²) in [5, 5.41) is 9.18. The Balaban J connectivity index is 1.49. The second-order valence-corrected chi connectivity index (χ2v) is 7.00. The molecule has 3 rings (SSSR count). The van der Waals surface area contributed by atoms with Crippen LogP contribution in [0, 0.1) is 11.8 Å². The van der Waals surface area contributed by atoms with E-state index < -0.39 is 5.97 Å². The molecule has 0 unspecified atom stereocenters. The molecule has 0 bridgehead atoms. The van der Waals surface area contributed by atoms with E-state index in [1.807, 2.05) is 6.07 Å². The van der Waals surface area contributed by atoms with E-state index in [1.54, 1.807) is 4.90 Å². The summed E-state index contributed by atoms with van der Waals surface area (Å²) in [5.41, 5.74) is 1.31. The Kier molecular flexibility index (Phi) is 5.51. The molecule has 5 nitrogen and oxygen atoms in total. The van der Waals surface area contributed by atoms with Crippen molar-refractivity contribution < 1.29 is 14.7 Å². The van der Waals surface area contributed by atoms with Crippen LogP contribution in [0.3, 0.4) is 0 Å². The molecule has 0 aliphatic carbocycles. The highest BCUT2D eigenvalue weighted by Gasteiger charge is 2.33. The number of amides is 1. The summed E-state index contributed by atoms with van der Waals surface area (Å²) in [6, 6.07) is 10.4. The number of carbonyl (C=O) groups excluding carboxylic acids is 1. The molecule has 2 fully saturated rings. The number of piperidine rings is 2. The lowest BCUT2D eigenvalue weighted by molar-refractivity contribution is -0.147. The van der Waals surface area contributed by atoms with E-state index in [1.165, 1.54) is 5.56 Å². The Morgan fingerprint density at radius 2 is 1.71 bits per heavy atom. The molecule has 130 valence electrons. The zero-order chi connectivity index (χ0) is 16.9. The zero-order valence-electron chi connectivity index (χ0n) is 14.1. The van der Waals surface area contributed by atoms with Gasteiger partial charge in [-0.3, -0.25) is 14.5 Å². The number of aliphatic carboxylic acids is 1. The van der Waals surface area contributed by atoms with E-state index in [2.05, 4.69) is 29.2 Å². The quantitative estimate of drug-likeness (QED) is 0.919. The molecule has 2 aliphatic rings. The normalized spacial score (nSPS) is 23.2. The van der Waals surface area contributed by atoms with Gasteiger partial charge in [-0.15, -0.1) is 0 Å². The lowest BCUT2D eigenvalue weighted by atomic mass is 9.92. The summed E-state index contributed by atoms with van der Waals surface area (Å²) in [4.78, 5) is 28.1. The molecule has 1 aromatic carbocycles. The monoisotopic (exact) mass is 330 g/mol. The van der Waals surface area contributed by atoms with Crippen LogP contribution >= 0.6 is 0 Å². The van der Waals surface area contributed by atoms with Gasteiger partial charge in [-0.05, 0) is 44.3 Å². The summed E-state index contributed by atoms with van der Waals surface area (Å²) in [7, 11) is 0. The van der Waals surface area contributed by atoms with Gasteiger partial charge in [0.2, 0.25) is 5.91 Å². The molecular weight excluding hydrogens is 304 g/mol. The second kappa shape index (κ2) is 7.79. The lowest BCUT2D eigenvalue weighted by Crippen LogP contribution is -2.47. The number of hydrogen-bond acceptors (Lipinski definition) is 3. The van der Waals surface area contributed by atoms with E-state index in [0.717, 1.165) is 38.9 Å². The third kappa shape index (κ3) is 4.15. The number of benzene rings is 1. The first-order chi connectivity index (χ1) is 11.6. The van der Waals surface area contributed by atoms with Crippen LogP contribution in [0.25, 0.3) is 0 Å². The van der Waals surface area contributed by atoms with Crippen molar-refractivity contribution in [2.75, 3.05) is 26.2 Å². The Labute approximate surface area is 143 Å². The molecule has 5 heteroatoms. The topological polar surface area (TPSA) is 60.9 Å². The summed E-state index contributed by atoms with van der Waals surface area (Å²) in [5.74, 6) is -0.934. The van der Waals surface area contributed by atoms with Crippen LogP contribution in [-0.2, 0) is 16.1 Å². The van der Waals surface area contributed by atoms with E-state index >= 15 is 0 Å². The number of carboxylic acids is 1. The van der Waals surface area contributed by atoms with Crippen LogP contribution in [0.2, 0.25) is 0 Å². The first-order valence-electron chi connectivity index (χ1n) is 8.91. The van der Waals surface area contributed by atoms with Crippen molar-refractivity contribution in [1.82, 2.24) is 9.80 Å². The smallest absolute Gasteiger partial charge is 0.308 e. The van der Waals surface area contributed by atoms with Crippen LogP contribution in [0.4, 0.5) is 0 Å². The minimum Gasteiger partial charge on any atom is -0.481 e. The zero-order valence-corrected chi connectivity index (χ0v) is 14.1. The molecule has 0 radical (unpaired) electrons. The van der Waals surface area contributed by atoms with Crippen LogP contribution in [0.15, 0.2) is 30.3 Å². The predicted octanol–water partition coefficient (Wildman–Crippen LogP) is 2.22. The van der Waals surface area contributed by atoms with Crippen LogP contribution in [-0.4, -0.2) is 53.0 Å². The number of carbonyl (C=O) groups is 2. The maximum Gasteiger partial charge on any atom is 0.308 e. The number of likely N-dealkylation sites (tertiary alicyclic amines) is 2. The summed E-state index contributed by atoms with van der Waals surface area (Å²) in [6.45, 7) is 3.90. The fourth-order valence-corrected chi connectivity index (χ4v) is 3.82. The van der Waals surface area contributed by atoms with Gasteiger partial charge >= 0.3 is 5.97 Å². The van der Waals surface area contributed by atoms with Crippen molar-refractivity contribution in [2.24, 2.45) is 11.8 Å². The Bertz CT molecular complexity index is 567. The summed E-state index contributed by atoms with van der Waals surface area (Å²) >= 11 is 0. The first-order valence-corrected chi connectivity index (χ1v) is 8.91. The van der Waals surface area contributed by atoms with Gasteiger partial charge in [-0.25, -0.2) is 0 Å². The Morgan fingerprint density at radius 1 is 1.00 bits per heavy atom. The fraction of sp³-hybridized carbons (Fsp3) is 0.579. The van der Waals surface area contributed by atoms with Gasteiger partial charge in [0.1, 0.15) is 0 Å². The third-order valence-corrected chi connectivity index (χ3v) is 5.27. The molecular formula is C19H26N2O3. The third-order valence-electron chi connectivity index (χ3n) is 5.27. The van der Waals surface area contributed by atoms with Crippen molar-refractivity contribution in [3.05, 3.63) is 35.9 Å². The van der Waals surface area contributed by atoms with Crippen molar-refractivity contribution in [1.29, 1.82) is 0 Å². The Morgan fingerprint density at radius 3 is 2.38 bits per heavy atom. The first kappa shape index (κ1) is 17.0. The molecule has 0 saturated carbocycles. The average Bonchev–Trinajstić information content (AvgIpc) is 2.63. The van der Waals surface area contributed by atoms with E-state index in [9.17, 15) is 14.7 Å².